The first-order chi connectivity index (χ1) is 14.4. The normalized spacial score (nSPS) is 10.0. The summed E-state index contributed by atoms with van der Waals surface area (Å²) in [5.74, 6) is 0.237. The fraction of sp³-hybridized carbons (Fsp3) is 0.208. The van der Waals surface area contributed by atoms with E-state index in [-0.39, 0.29) is 5.78 Å². The highest BCUT2D eigenvalue weighted by atomic mass is 32.2. The van der Waals surface area contributed by atoms with Crippen molar-refractivity contribution in [2.45, 2.75) is 36.7 Å². The number of ketones is 1. The maximum atomic E-state index is 13.8. The minimum absolute atomic E-state index is 0.255. The van der Waals surface area contributed by atoms with Crippen molar-refractivity contribution >= 4 is 17.5 Å². The van der Waals surface area contributed by atoms with Crippen LogP contribution in [0.25, 0.3) is 0 Å². The Hall–Kier alpha value is -2.86. The fourth-order valence-electron chi connectivity index (χ4n) is 2.25. The molecule has 0 heterocycles. The second kappa shape index (κ2) is 12.0. The molecule has 3 aromatic carbocycles. The molecule has 6 heteroatoms. The molecule has 0 N–H and O–H groups in total. The number of hydrogen-bond acceptors (Lipinski definition) is 4. The minimum atomic E-state index is -0.593. The quantitative estimate of drug-likeness (QED) is 0.418. The number of Topliss-reactive ketones (excluding diaryl/α,β-unsaturated/α-hetero) is 1. The Kier molecular flexibility index (Phi) is 9.35. The summed E-state index contributed by atoms with van der Waals surface area (Å²) in [5.41, 5.74) is 1.05. The molecule has 0 aliphatic rings. The molecular formula is C24H24F2O3S. The molecule has 3 nitrogen and oxygen atoms in total. The van der Waals surface area contributed by atoms with Crippen LogP contribution >= 0.6 is 11.8 Å². The minimum Gasteiger partial charge on any atom is -0.493 e. The van der Waals surface area contributed by atoms with Crippen LogP contribution in [0.4, 0.5) is 8.78 Å². The summed E-state index contributed by atoms with van der Waals surface area (Å²) < 4.78 is 38.0. The lowest BCUT2D eigenvalue weighted by Crippen LogP contribution is -1.97. The van der Waals surface area contributed by atoms with E-state index in [1.165, 1.54) is 23.9 Å². The van der Waals surface area contributed by atoms with E-state index in [1.807, 2.05) is 43.3 Å². The zero-order chi connectivity index (χ0) is 21.9. The summed E-state index contributed by atoms with van der Waals surface area (Å²) in [6, 6.07) is 18.7. The Labute approximate surface area is 180 Å². The number of carbonyl (C=O) groups excluding carboxylic acids is 1. The molecule has 158 valence electrons. The van der Waals surface area contributed by atoms with Crippen molar-refractivity contribution in [3.05, 3.63) is 83.9 Å². The second-order valence-electron chi connectivity index (χ2n) is 6.32. The van der Waals surface area contributed by atoms with Crippen molar-refractivity contribution < 1.29 is 23.0 Å². The van der Waals surface area contributed by atoms with Gasteiger partial charge in [-0.1, -0.05) is 49.0 Å². The number of benzene rings is 3. The molecule has 0 spiro atoms. The van der Waals surface area contributed by atoms with E-state index in [4.69, 9.17) is 9.47 Å². The predicted molar refractivity (Wildman–Crippen MR) is 115 cm³/mol. The molecule has 0 unspecified atom stereocenters. The molecule has 3 aromatic rings. The van der Waals surface area contributed by atoms with Crippen LogP contribution < -0.4 is 9.47 Å². The van der Waals surface area contributed by atoms with Gasteiger partial charge in [-0.05, 0) is 42.8 Å². The number of halogens is 2. The molecule has 0 amide bonds. The van der Waals surface area contributed by atoms with Gasteiger partial charge in [-0.25, -0.2) is 8.78 Å². The molecule has 0 fully saturated rings. The van der Waals surface area contributed by atoms with E-state index in [0.717, 1.165) is 16.5 Å². The van der Waals surface area contributed by atoms with Crippen LogP contribution in [0.1, 0.15) is 25.8 Å². The molecular weight excluding hydrogens is 406 g/mol. The van der Waals surface area contributed by atoms with Crippen LogP contribution in [-0.2, 0) is 11.4 Å². The lowest BCUT2D eigenvalue weighted by atomic mass is 10.2. The standard InChI is InChI=1S/C20H16F2O2S.C4H8O/c1-23-19-12-16(25-20-10-7-15(21)11-17(20)22)8-9-18(19)24-13-14-5-3-2-4-6-14;1-3-4(2)5/h2-12H,13H2,1H3;3H2,1-2H3. The van der Waals surface area contributed by atoms with Gasteiger partial charge in [0.25, 0.3) is 0 Å². The summed E-state index contributed by atoms with van der Waals surface area (Å²) in [6.07, 6.45) is 0.667. The Morgan fingerprint density at radius 2 is 1.67 bits per heavy atom. The second-order valence-corrected chi connectivity index (χ2v) is 7.43. The first kappa shape index (κ1) is 23.4. The predicted octanol–water partition coefficient (Wildman–Crippen LogP) is 6.69. The topological polar surface area (TPSA) is 35.5 Å². The van der Waals surface area contributed by atoms with E-state index >= 15 is 0 Å². The van der Waals surface area contributed by atoms with Gasteiger partial charge in [-0.3, -0.25) is 0 Å². The summed E-state index contributed by atoms with van der Waals surface area (Å²) in [5, 5.41) is 0. The third-order valence-electron chi connectivity index (χ3n) is 3.99. The van der Waals surface area contributed by atoms with Crippen LogP contribution in [0, 0.1) is 11.6 Å². The monoisotopic (exact) mass is 430 g/mol. The van der Waals surface area contributed by atoms with Gasteiger partial charge < -0.3 is 14.3 Å². The molecule has 30 heavy (non-hydrogen) atoms. The van der Waals surface area contributed by atoms with E-state index < -0.39 is 11.6 Å². The van der Waals surface area contributed by atoms with E-state index in [0.29, 0.717) is 29.4 Å². The van der Waals surface area contributed by atoms with Crippen LogP contribution in [0.5, 0.6) is 11.5 Å². The maximum absolute atomic E-state index is 13.8. The molecule has 0 bridgehead atoms. The van der Waals surface area contributed by atoms with Gasteiger partial charge in [0.2, 0.25) is 0 Å². The van der Waals surface area contributed by atoms with Gasteiger partial charge in [0.15, 0.2) is 11.5 Å². The van der Waals surface area contributed by atoms with Gasteiger partial charge in [0.1, 0.15) is 24.0 Å². The van der Waals surface area contributed by atoms with Crippen molar-refractivity contribution in [1.82, 2.24) is 0 Å². The average molecular weight is 431 g/mol. The Bertz CT molecular complexity index is 962. The Morgan fingerprint density at radius 1 is 0.967 bits per heavy atom. The average Bonchev–Trinajstić information content (AvgIpc) is 2.75. The van der Waals surface area contributed by atoms with Gasteiger partial charge >= 0.3 is 0 Å². The third kappa shape index (κ3) is 7.52. The Balaban J connectivity index is 0.000000575. The molecule has 0 aliphatic carbocycles. The molecule has 0 aromatic heterocycles. The number of rotatable bonds is 7. The fourth-order valence-corrected chi connectivity index (χ4v) is 3.10. The van der Waals surface area contributed by atoms with Crippen molar-refractivity contribution in [3.8, 4) is 11.5 Å². The number of hydrogen-bond donors (Lipinski definition) is 0. The molecule has 0 atom stereocenters. The van der Waals surface area contributed by atoms with Crippen LogP contribution in [0.3, 0.4) is 0 Å². The van der Waals surface area contributed by atoms with Gasteiger partial charge in [0, 0.05) is 22.3 Å². The van der Waals surface area contributed by atoms with Gasteiger partial charge in [0.05, 0.1) is 7.11 Å². The number of ether oxygens (including phenoxy) is 2. The highest BCUT2D eigenvalue weighted by Gasteiger charge is 2.10. The summed E-state index contributed by atoms with van der Waals surface area (Å²) in [6.45, 7) is 3.86. The number of carbonyl (C=O) groups is 1. The maximum Gasteiger partial charge on any atom is 0.161 e. The van der Waals surface area contributed by atoms with Crippen molar-refractivity contribution in [2.24, 2.45) is 0 Å². The third-order valence-corrected chi connectivity index (χ3v) is 5.03. The van der Waals surface area contributed by atoms with Crippen LogP contribution in [-0.4, -0.2) is 12.9 Å². The van der Waals surface area contributed by atoms with E-state index in [1.54, 1.807) is 26.2 Å². The number of methoxy groups -OCH3 is 1. The molecule has 3 rings (SSSR count). The summed E-state index contributed by atoms with van der Waals surface area (Å²) in [4.78, 5) is 10.9. The lowest BCUT2D eigenvalue weighted by molar-refractivity contribution is -0.116. The van der Waals surface area contributed by atoms with Crippen LogP contribution in [0.15, 0.2) is 76.5 Å². The molecule has 0 saturated heterocycles. The molecule has 0 radical (unpaired) electrons. The van der Waals surface area contributed by atoms with Crippen molar-refractivity contribution in [3.63, 3.8) is 0 Å². The van der Waals surface area contributed by atoms with E-state index in [2.05, 4.69) is 0 Å². The first-order valence-electron chi connectivity index (χ1n) is 9.40. The molecule has 0 saturated carbocycles. The lowest BCUT2D eigenvalue weighted by Gasteiger charge is -2.12. The zero-order valence-electron chi connectivity index (χ0n) is 17.2. The largest absolute Gasteiger partial charge is 0.493 e. The highest BCUT2D eigenvalue weighted by Crippen LogP contribution is 2.36. The highest BCUT2D eigenvalue weighted by molar-refractivity contribution is 7.99. The summed E-state index contributed by atoms with van der Waals surface area (Å²) in [7, 11) is 1.55. The van der Waals surface area contributed by atoms with Crippen molar-refractivity contribution in [1.29, 1.82) is 0 Å². The Morgan fingerprint density at radius 3 is 2.27 bits per heavy atom. The van der Waals surface area contributed by atoms with Gasteiger partial charge in [-0.2, -0.15) is 0 Å². The zero-order valence-corrected chi connectivity index (χ0v) is 18.0. The first-order valence-corrected chi connectivity index (χ1v) is 10.2. The van der Waals surface area contributed by atoms with Crippen LogP contribution in [0.2, 0.25) is 0 Å². The SMILES string of the molecule is CCC(C)=O.COc1cc(Sc2ccc(F)cc2F)ccc1OCc1ccccc1. The van der Waals surface area contributed by atoms with E-state index in [9.17, 15) is 13.6 Å². The van der Waals surface area contributed by atoms with Crippen molar-refractivity contribution in [2.75, 3.05) is 7.11 Å². The molecule has 0 aliphatic heterocycles. The van der Waals surface area contributed by atoms with Gasteiger partial charge in [-0.15, -0.1) is 0 Å². The summed E-state index contributed by atoms with van der Waals surface area (Å²) >= 11 is 1.20. The smallest absolute Gasteiger partial charge is 0.161 e.